The first kappa shape index (κ1) is 19.8. The summed E-state index contributed by atoms with van der Waals surface area (Å²) in [5.41, 5.74) is 0. The Balaban J connectivity index is 1.87. The molecule has 2 rings (SSSR count). The highest BCUT2D eigenvalue weighted by molar-refractivity contribution is 7.89. The zero-order chi connectivity index (χ0) is 18.4. The highest BCUT2D eigenvalue weighted by Crippen LogP contribution is 2.20. The van der Waals surface area contributed by atoms with Gasteiger partial charge >= 0.3 is 0 Å². The van der Waals surface area contributed by atoms with Gasteiger partial charge in [-0.05, 0) is 18.1 Å². The van der Waals surface area contributed by atoms with E-state index in [4.69, 9.17) is 4.74 Å². The van der Waals surface area contributed by atoms with Crippen molar-refractivity contribution in [1.82, 2.24) is 9.21 Å². The Morgan fingerprint density at radius 3 is 2.44 bits per heavy atom. The normalized spacial score (nSPS) is 16.4. The van der Waals surface area contributed by atoms with Gasteiger partial charge in [-0.15, -0.1) is 0 Å². The number of ether oxygens (including phenoxy) is 1. The van der Waals surface area contributed by atoms with E-state index in [0.717, 1.165) is 6.07 Å². The molecule has 0 saturated carbocycles. The van der Waals surface area contributed by atoms with E-state index >= 15 is 0 Å². The summed E-state index contributed by atoms with van der Waals surface area (Å²) in [5.74, 6) is -0.391. The molecule has 1 aliphatic rings. The number of hydrogen-bond donors (Lipinski definition) is 0. The average Bonchev–Trinajstić information content (AvgIpc) is 2.58. The van der Waals surface area contributed by atoms with E-state index in [0.29, 0.717) is 32.2 Å². The smallest absolute Gasteiger partial charge is 0.246 e. The Morgan fingerprint density at radius 2 is 1.84 bits per heavy atom. The fraction of sp³-hybridized carbons (Fsp3) is 0.588. The van der Waals surface area contributed by atoms with Crippen molar-refractivity contribution in [3.63, 3.8) is 0 Å². The highest BCUT2D eigenvalue weighted by Gasteiger charge is 2.31. The van der Waals surface area contributed by atoms with Gasteiger partial charge in [0.15, 0.2) is 0 Å². The zero-order valence-corrected chi connectivity index (χ0v) is 15.5. The minimum absolute atomic E-state index is 0.0494. The monoisotopic (exact) mass is 372 g/mol. The van der Waals surface area contributed by atoms with Crippen molar-refractivity contribution in [2.45, 2.75) is 25.2 Å². The molecule has 1 aromatic carbocycles. The molecule has 6 nitrogen and oxygen atoms in total. The third-order valence-electron chi connectivity index (χ3n) is 3.96. The number of sulfonamides is 1. The van der Waals surface area contributed by atoms with Crippen LogP contribution in [-0.4, -0.2) is 62.9 Å². The summed E-state index contributed by atoms with van der Waals surface area (Å²) in [7, 11) is -3.88. The molecule has 0 aromatic heterocycles. The molecule has 0 N–H and O–H groups in total. The largest absolute Gasteiger partial charge is 0.381 e. The second-order valence-corrected chi connectivity index (χ2v) is 8.34. The van der Waals surface area contributed by atoms with E-state index < -0.39 is 15.8 Å². The van der Waals surface area contributed by atoms with Gasteiger partial charge in [0.1, 0.15) is 10.7 Å². The predicted octanol–water partition coefficient (Wildman–Crippen LogP) is 1.72. The Hall–Kier alpha value is -1.51. The van der Waals surface area contributed by atoms with Crippen LogP contribution in [0.3, 0.4) is 0 Å². The second kappa shape index (κ2) is 8.73. The van der Waals surface area contributed by atoms with E-state index in [1.54, 1.807) is 4.90 Å². The van der Waals surface area contributed by atoms with Crippen LogP contribution in [0, 0.1) is 11.7 Å². The van der Waals surface area contributed by atoms with Crippen molar-refractivity contribution in [3.05, 3.63) is 30.1 Å². The van der Waals surface area contributed by atoms with Crippen molar-refractivity contribution >= 4 is 15.9 Å². The molecule has 0 atom stereocenters. The van der Waals surface area contributed by atoms with Crippen molar-refractivity contribution in [3.8, 4) is 0 Å². The maximum atomic E-state index is 13.8. The lowest BCUT2D eigenvalue weighted by atomic mass is 10.2. The molecule has 1 fully saturated rings. The number of carbonyl (C=O) groups excluding carboxylic acids is 1. The molecule has 0 spiro atoms. The number of amides is 1. The van der Waals surface area contributed by atoms with E-state index in [2.05, 4.69) is 0 Å². The molecule has 1 aliphatic heterocycles. The maximum Gasteiger partial charge on any atom is 0.246 e. The van der Waals surface area contributed by atoms with E-state index in [-0.39, 0.29) is 30.3 Å². The molecule has 0 radical (unpaired) electrons. The van der Waals surface area contributed by atoms with E-state index in [9.17, 15) is 17.6 Å². The summed E-state index contributed by atoms with van der Waals surface area (Å²) >= 11 is 0. The van der Waals surface area contributed by atoms with Crippen LogP contribution >= 0.6 is 0 Å². The summed E-state index contributed by atoms with van der Waals surface area (Å²) in [6, 6.07) is 5.33. The third-order valence-corrected chi connectivity index (χ3v) is 5.89. The summed E-state index contributed by atoms with van der Waals surface area (Å²) in [6.45, 7) is 5.98. The maximum absolute atomic E-state index is 13.8. The number of piperazine rings is 1. The lowest BCUT2D eigenvalue weighted by Gasteiger charge is -2.34. The topological polar surface area (TPSA) is 66.9 Å². The number of carbonyl (C=O) groups is 1. The van der Waals surface area contributed by atoms with Gasteiger partial charge in [-0.25, -0.2) is 12.8 Å². The molecule has 0 bridgehead atoms. The molecule has 1 saturated heterocycles. The molecule has 8 heteroatoms. The van der Waals surface area contributed by atoms with Crippen LogP contribution in [0.4, 0.5) is 4.39 Å². The van der Waals surface area contributed by atoms with Gasteiger partial charge in [0.05, 0.1) is 13.0 Å². The summed E-state index contributed by atoms with van der Waals surface area (Å²) in [6.07, 6.45) is 0.285. The fourth-order valence-electron chi connectivity index (χ4n) is 2.61. The molecule has 0 aliphatic carbocycles. The van der Waals surface area contributed by atoms with Crippen LogP contribution in [0.1, 0.15) is 20.3 Å². The Labute approximate surface area is 148 Å². The number of hydrogen-bond acceptors (Lipinski definition) is 4. The minimum Gasteiger partial charge on any atom is -0.381 e. The van der Waals surface area contributed by atoms with E-state index in [1.165, 1.54) is 22.5 Å². The summed E-state index contributed by atoms with van der Waals surface area (Å²) in [4.78, 5) is 13.4. The average molecular weight is 372 g/mol. The van der Waals surface area contributed by atoms with Gasteiger partial charge in [0.25, 0.3) is 0 Å². The quantitative estimate of drug-likeness (QED) is 0.684. The lowest BCUT2D eigenvalue weighted by Crippen LogP contribution is -2.50. The second-order valence-electron chi connectivity index (χ2n) is 6.43. The Morgan fingerprint density at radius 1 is 1.20 bits per heavy atom. The molecule has 1 amide bonds. The Kier molecular flexibility index (Phi) is 6.92. The molecular formula is C17H25FN2O4S. The number of nitrogens with zero attached hydrogens (tertiary/aromatic N) is 2. The number of benzene rings is 1. The van der Waals surface area contributed by atoms with Gasteiger partial charge in [-0.1, -0.05) is 26.0 Å². The molecule has 1 heterocycles. The van der Waals surface area contributed by atoms with Crippen LogP contribution in [0.2, 0.25) is 0 Å². The van der Waals surface area contributed by atoms with Crippen LogP contribution in [-0.2, 0) is 19.6 Å². The van der Waals surface area contributed by atoms with Crippen LogP contribution in [0.25, 0.3) is 0 Å². The lowest BCUT2D eigenvalue weighted by molar-refractivity contribution is -0.133. The molecule has 140 valence electrons. The SMILES string of the molecule is CC(C)COCCC(=O)N1CCN(S(=O)(=O)c2ccccc2F)CC1. The van der Waals surface area contributed by atoms with E-state index in [1.807, 2.05) is 13.8 Å². The van der Waals surface area contributed by atoms with Gasteiger partial charge in [0.2, 0.25) is 15.9 Å². The molecule has 0 unspecified atom stereocenters. The van der Waals surface area contributed by atoms with Gasteiger partial charge in [-0.2, -0.15) is 4.31 Å². The van der Waals surface area contributed by atoms with Crippen LogP contribution in [0.5, 0.6) is 0 Å². The highest BCUT2D eigenvalue weighted by atomic mass is 32.2. The number of rotatable bonds is 7. The van der Waals surface area contributed by atoms with Gasteiger partial charge in [-0.3, -0.25) is 4.79 Å². The molecular weight excluding hydrogens is 347 g/mol. The Bertz CT molecular complexity index is 686. The van der Waals surface area contributed by atoms with Crippen molar-refractivity contribution in [2.24, 2.45) is 5.92 Å². The molecule has 1 aromatic rings. The summed E-state index contributed by atoms with van der Waals surface area (Å²) < 4.78 is 45.5. The first-order valence-electron chi connectivity index (χ1n) is 8.42. The fourth-order valence-corrected chi connectivity index (χ4v) is 4.09. The van der Waals surface area contributed by atoms with Crippen molar-refractivity contribution in [2.75, 3.05) is 39.4 Å². The third kappa shape index (κ3) is 5.23. The first-order valence-corrected chi connectivity index (χ1v) is 9.86. The standard InChI is InChI=1S/C17H25FN2O4S/c1-14(2)13-24-12-7-17(21)19-8-10-20(11-9-19)25(22,23)16-6-4-3-5-15(16)18/h3-6,14H,7-13H2,1-2H3. The zero-order valence-electron chi connectivity index (χ0n) is 14.7. The van der Waals surface area contributed by atoms with Crippen LogP contribution in [0.15, 0.2) is 29.2 Å². The van der Waals surface area contributed by atoms with Crippen molar-refractivity contribution in [1.29, 1.82) is 0 Å². The van der Waals surface area contributed by atoms with Gasteiger partial charge < -0.3 is 9.64 Å². The van der Waals surface area contributed by atoms with Crippen LogP contribution < -0.4 is 0 Å². The predicted molar refractivity (Wildman–Crippen MR) is 92.0 cm³/mol. The van der Waals surface area contributed by atoms with Gasteiger partial charge in [0, 0.05) is 32.8 Å². The minimum atomic E-state index is -3.88. The summed E-state index contributed by atoms with van der Waals surface area (Å²) in [5, 5.41) is 0. The first-order chi connectivity index (χ1) is 11.8. The molecule has 25 heavy (non-hydrogen) atoms. The number of halogens is 1. The van der Waals surface area contributed by atoms with Crippen molar-refractivity contribution < 1.29 is 22.3 Å².